The van der Waals surface area contributed by atoms with Crippen molar-refractivity contribution in [2.24, 2.45) is 0 Å². The molecule has 0 unspecified atom stereocenters. The standard InChI is InChI=1S/C14H17N3O2/c1-3-14-13(10-18)15-16-17(14)8-9-19-12-6-4-11(2)5-7-12/h4-7,10H,3,8-9H2,1-2H3. The molecule has 0 aliphatic heterocycles. The number of carbonyl (C=O) groups excluding carboxylic acids is 1. The molecule has 100 valence electrons. The van der Waals surface area contributed by atoms with Crippen LogP contribution in [0.5, 0.6) is 5.75 Å². The normalized spacial score (nSPS) is 10.4. The second kappa shape index (κ2) is 6.13. The van der Waals surface area contributed by atoms with Crippen LogP contribution >= 0.6 is 0 Å². The first-order chi connectivity index (χ1) is 9.24. The molecule has 0 fully saturated rings. The molecule has 5 heteroatoms. The zero-order chi connectivity index (χ0) is 13.7. The Labute approximate surface area is 112 Å². The summed E-state index contributed by atoms with van der Waals surface area (Å²) in [5, 5.41) is 7.79. The Morgan fingerprint density at radius 1 is 1.32 bits per heavy atom. The average molecular weight is 259 g/mol. The molecule has 0 radical (unpaired) electrons. The maximum absolute atomic E-state index is 10.8. The SMILES string of the molecule is CCc1c(C=O)nnn1CCOc1ccc(C)cc1. The molecular weight excluding hydrogens is 242 g/mol. The summed E-state index contributed by atoms with van der Waals surface area (Å²) in [5.74, 6) is 0.833. The second-order valence-electron chi connectivity index (χ2n) is 4.28. The number of aldehydes is 1. The smallest absolute Gasteiger partial charge is 0.172 e. The Hall–Kier alpha value is -2.17. The van der Waals surface area contributed by atoms with E-state index in [1.54, 1.807) is 4.68 Å². The van der Waals surface area contributed by atoms with Gasteiger partial charge in [-0.05, 0) is 25.5 Å². The van der Waals surface area contributed by atoms with Crippen molar-refractivity contribution in [2.45, 2.75) is 26.8 Å². The third kappa shape index (κ3) is 3.19. The van der Waals surface area contributed by atoms with Gasteiger partial charge in [-0.25, -0.2) is 4.68 Å². The van der Waals surface area contributed by atoms with Crippen LogP contribution in [0.4, 0.5) is 0 Å². The Morgan fingerprint density at radius 2 is 2.05 bits per heavy atom. The summed E-state index contributed by atoms with van der Waals surface area (Å²) in [7, 11) is 0. The van der Waals surface area contributed by atoms with Crippen molar-refractivity contribution in [3.8, 4) is 5.75 Å². The fourth-order valence-corrected chi connectivity index (χ4v) is 1.87. The van der Waals surface area contributed by atoms with E-state index in [2.05, 4.69) is 10.3 Å². The molecule has 0 aliphatic carbocycles. The lowest BCUT2D eigenvalue weighted by Crippen LogP contribution is -2.12. The van der Waals surface area contributed by atoms with Crippen LogP contribution in [0.15, 0.2) is 24.3 Å². The number of rotatable bonds is 6. The van der Waals surface area contributed by atoms with E-state index >= 15 is 0 Å². The van der Waals surface area contributed by atoms with Gasteiger partial charge in [0.2, 0.25) is 0 Å². The zero-order valence-electron chi connectivity index (χ0n) is 11.2. The molecule has 0 saturated heterocycles. The number of nitrogens with zero attached hydrogens (tertiary/aromatic N) is 3. The minimum Gasteiger partial charge on any atom is -0.492 e. The predicted molar refractivity (Wildman–Crippen MR) is 71.5 cm³/mol. The predicted octanol–water partition coefficient (Wildman–Crippen LogP) is 2.04. The third-order valence-electron chi connectivity index (χ3n) is 2.91. The van der Waals surface area contributed by atoms with Crippen molar-refractivity contribution in [1.29, 1.82) is 0 Å². The molecule has 5 nitrogen and oxygen atoms in total. The Bertz CT molecular complexity index is 546. The fraction of sp³-hybridized carbons (Fsp3) is 0.357. The van der Waals surface area contributed by atoms with Crippen molar-refractivity contribution in [2.75, 3.05) is 6.61 Å². The van der Waals surface area contributed by atoms with Gasteiger partial charge in [-0.15, -0.1) is 5.10 Å². The van der Waals surface area contributed by atoms with Crippen molar-refractivity contribution in [3.63, 3.8) is 0 Å². The first-order valence-corrected chi connectivity index (χ1v) is 6.31. The number of ether oxygens (including phenoxy) is 1. The second-order valence-corrected chi connectivity index (χ2v) is 4.28. The minimum atomic E-state index is 0.415. The summed E-state index contributed by atoms with van der Waals surface area (Å²) in [6, 6.07) is 7.89. The lowest BCUT2D eigenvalue weighted by molar-refractivity contribution is 0.111. The van der Waals surface area contributed by atoms with Crippen LogP contribution in [0.2, 0.25) is 0 Å². The molecule has 0 bridgehead atoms. The molecule has 1 heterocycles. The van der Waals surface area contributed by atoms with E-state index in [0.29, 0.717) is 18.8 Å². The Morgan fingerprint density at radius 3 is 2.68 bits per heavy atom. The topological polar surface area (TPSA) is 57.0 Å². The van der Waals surface area contributed by atoms with E-state index in [1.807, 2.05) is 38.1 Å². The van der Waals surface area contributed by atoms with Gasteiger partial charge in [-0.2, -0.15) is 0 Å². The highest BCUT2D eigenvalue weighted by molar-refractivity contribution is 5.73. The van der Waals surface area contributed by atoms with Gasteiger partial charge in [0.05, 0.1) is 12.2 Å². The van der Waals surface area contributed by atoms with E-state index in [1.165, 1.54) is 5.56 Å². The number of aromatic nitrogens is 3. The molecule has 1 aromatic carbocycles. The number of benzene rings is 1. The van der Waals surface area contributed by atoms with E-state index < -0.39 is 0 Å². The average Bonchev–Trinajstić information content (AvgIpc) is 2.83. The van der Waals surface area contributed by atoms with Gasteiger partial charge in [0.15, 0.2) is 6.29 Å². The third-order valence-corrected chi connectivity index (χ3v) is 2.91. The number of carbonyl (C=O) groups is 1. The van der Waals surface area contributed by atoms with E-state index in [9.17, 15) is 4.79 Å². The first kappa shape index (κ1) is 13.3. The van der Waals surface area contributed by atoms with E-state index in [4.69, 9.17) is 4.74 Å². The Balaban J connectivity index is 1.94. The Kier molecular flexibility index (Phi) is 4.28. The molecule has 2 rings (SSSR count). The lowest BCUT2D eigenvalue weighted by atomic mass is 10.2. The van der Waals surface area contributed by atoms with Gasteiger partial charge in [-0.3, -0.25) is 4.79 Å². The summed E-state index contributed by atoms with van der Waals surface area (Å²) in [4.78, 5) is 10.8. The van der Waals surface area contributed by atoms with Crippen LogP contribution in [0, 0.1) is 6.92 Å². The van der Waals surface area contributed by atoms with Gasteiger partial charge in [0.25, 0.3) is 0 Å². The van der Waals surface area contributed by atoms with Crippen LogP contribution in [0.3, 0.4) is 0 Å². The fourth-order valence-electron chi connectivity index (χ4n) is 1.87. The van der Waals surface area contributed by atoms with Gasteiger partial charge < -0.3 is 4.74 Å². The quantitative estimate of drug-likeness (QED) is 0.745. The highest BCUT2D eigenvalue weighted by atomic mass is 16.5. The van der Waals surface area contributed by atoms with Crippen LogP contribution in [-0.2, 0) is 13.0 Å². The molecule has 19 heavy (non-hydrogen) atoms. The molecule has 0 atom stereocenters. The molecule has 2 aromatic rings. The summed E-state index contributed by atoms with van der Waals surface area (Å²) in [6.07, 6.45) is 1.47. The molecular formula is C14H17N3O2. The largest absolute Gasteiger partial charge is 0.492 e. The van der Waals surface area contributed by atoms with E-state index in [-0.39, 0.29) is 0 Å². The number of hydrogen-bond acceptors (Lipinski definition) is 4. The molecule has 0 aliphatic rings. The van der Waals surface area contributed by atoms with Crippen LogP contribution < -0.4 is 4.74 Å². The van der Waals surface area contributed by atoms with Crippen molar-refractivity contribution in [3.05, 3.63) is 41.2 Å². The highest BCUT2D eigenvalue weighted by Crippen LogP contribution is 2.11. The van der Waals surface area contributed by atoms with Crippen molar-refractivity contribution < 1.29 is 9.53 Å². The molecule has 0 spiro atoms. The zero-order valence-corrected chi connectivity index (χ0v) is 11.2. The van der Waals surface area contributed by atoms with Gasteiger partial charge in [-0.1, -0.05) is 29.8 Å². The van der Waals surface area contributed by atoms with Gasteiger partial charge >= 0.3 is 0 Å². The number of aryl methyl sites for hydroxylation is 1. The number of hydrogen-bond donors (Lipinski definition) is 0. The molecule has 0 saturated carbocycles. The van der Waals surface area contributed by atoms with Crippen LogP contribution in [-0.4, -0.2) is 27.9 Å². The van der Waals surface area contributed by atoms with E-state index in [0.717, 1.165) is 24.2 Å². The molecule has 0 N–H and O–H groups in total. The highest BCUT2D eigenvalue weighted by Gasteiger charge is 2.09. The van der Waals surface area contributed by atoms with Gasteiger partial charge in [0, 0.05) is 0 Å². The monoisotopic (exact) mass is 259 g/mol. The van der Waals surface area contributed by atoms with Crippen molar-refractivity contribution in [1.82, 2.24) is 15.0 Å². The summed E-state index contributed by atoms with van der Waals surface area (Å²) in [5.41, 5.74) is 2.47. The summed E-state index contributed by atoms with van der Waals surface area (Å²) < 4.78 is 7.35. The first-order valence-electron chi connectivity index (χ1n) is 6.31. The van der Waals surface area contributed by atoms with Gasteiger partial charge in [0.1, 0.15) is 18.1 Å². The molecule has 1 aromatic heterocycles. The minimum absolute atomic E-state index is 0.415. The maximum atomic E-state index is 10.8. The van der Waals surface area contributed by atoms with Crippen LogP contribution in [0.1, 0.15) is 28.7 Å². The molecule has 0 amide bonds. The lowest BCUT2D eigenvalue weighted by Gasteiger charge is -2.08. The van der Waals surface area contributed by atoms with Crippen molar-refractivity contribution >= 4 is 6.29 Å². The maximum Gasteiger partial charge on any atom is 0.172 e. The summed E-state index contributed by atoms with van der Waals surface area (Å²) in [6.45, 7) is 5.09. The summed E-state index contributed by atoms with van der Waals surface area (Å²) >= 11 is 0. The van der Waals surface area contributed by atoms with Crippen LogP contribution in [0.25, 0.3) is 0 Å².